The first-order valence-electron chi connectivity index (χ1n) is 10.2. The molecule has 0 unspecified atom stereocenters. The van der Waals surface area contributed by atoms with Crippen molar-refractivity contribution in [2.24, 2.45) is 0 Å². The van der Waals surface area contributed by atoms with Gasteiger partial charge in [0.05, 0.1) is 17.0 Å². The lowest BCUT2D eigenvalue weighted by Crippen LogP contribution is -2.46. The van der Waals surface area contributed by atoms with E-state index in [0.29, 0.717) is 0 Å². The SMILES string of the molecule is c1ccc2c(c1)SCN2CCCCN1CCN(c2noc3ccccc23)CC1. The third-order valence-corrected chi connectivity index (χ3v) is 6.86. The molecule has 3 aromatic rings. The predicted octanol–water partition coefficient (Wildman–Crippen LogP) is 4.30. The van der Waals surface area contributed by atoms with Gasteiger partial charge in [-0.3, -0.25) is 4.90 Å². The van der Waals surface area contributed by atoms with Crippen molar-refractivity contribution in [3.05, 3.63) is 48.5 Å². The first-order valence-corrected chi connectivity index (χ1v) is 11.2. The number of fused-ring (bicyclic) bond motifs is 2. The summed E-state index contributed by atoms with van der Waals surface area (Å²) in [5.41, 5.74) is 2.29. The zero-order valence-corrected chi connectivity index (χ0v) is 16.9. The van der Waals surface area contributed by atoms with Crippen LogP contribution in [0.15, 0.2) is 57.9 Å². The molecule has 5 rings (SSSR count). The molecule has 0 aliphatic carbocycles. The van der Waals surface area contributed by atoms with Crippen LogP contribution in [0.25, 0.3) is 11.0 Å². The van der Waals surface area contributed by atoms with Crippen molar-refractivity contribution in [3.63, 3.8) is 0 Å². The summed E-state index contributed by atoms with van der Waals surface area (Å²) < 4.78 is 5.47. The standard InChI is InChI=1S/C22H26N4OS/c1-3-9-20-18(7-1)22(23-27-20)25-15-13-24(14-16-25)11-5-6-12-26-17-28-21-10-4-2-8-19(21)26/h1-4,7-10H,5-6,11-17H2. The van der Waals surface area contributed by atoms with E-state index in [1.165, 1.54) is 30.0 Å². The summed E-state index contributed by atoms with van der Waals surface area (Å²) in [5, 5.41) is 5.43. The average molecular weight is 395 g/mol. The Morgan fingerprint density at radius 2 is 1.68 bits per heavy atom. The zero-order chi connectivity index (χ0) is 18.8. The number of thioether (sulfide) groups is 1. The van der Waals surface area contributed by atoms with Crippen LogP contribution in [0, 0.1) is 0 Å². The lowest BCUT2D eigenvalue weighted by Gasteiger charge is -2.34. The first-order chi connectivity index (χ1) is 13.9. The number of unbranched alkanes of at least 4 members (excludes halogenated alkanes) is 1. The zero-order valence-electron chi connectivity index (χ0n) is 16.1. The molecule has 1 aromatic heterocycles. The van der Waals surface area contributed by atoms with Crippen molar-refractivity contribution in [2.45, 2.75) is 17.7 Å². The molecule has 0 atom stereocenters. The van der Waals surface area contributed by atoms with Crippen LogP contribution in [-0.4, -0.2) is 55.2 Å². The molecule has 0 amide bonds. The second kappa shape index (κ2) is 8.05. The smallest absolute Gasteiger partial charge is 0.180 e. The number of benzene rings is 2. The molecular weight excluding hydrogens is 368 g/mol. The third-order valence-electron chi connectivity index (χ3n) is 5.76. The summed E-state index contributed by atoms with van der Waals surface area (Å²) in [4.78, 5) is 8.90. The van der Waals surface area contributed by atoms with Crippen molar-refractivity contribution in [1.29, 1.82) is 0 Å². The van der Waals surface area contributed by atoms with E-state index in [1.807, 2.05) is 23.9 Å². The molecular formula is C22H26N4OS. The van der Waals surface area contributed by atoms with Crippen molar-refractivity contribution in [3.8, 4) is 0 Å². The monoisotopic (exact) mass is 394 g/mol. The van der Waals surface area contributed by atoms with Crippen LogP contribution in [0.3, 0.4) is 0 Å². The van der Waals surface area contributed by atoms with E-state index in [4.69, 9.17) is 4.52 Å². The lowest BCUT2D eigenvalue weighted by molar-refractivity contribution is 0.252. The molecule has 1 saturated heterocycles. The molecule has 3 heterocycles. The predicted molar refractivity (Wildman–Crippen MR) is 116 cm³/mol. The van der Waals surface area contributed by atoms with Crippen LogP contribution in [-0.2, 0) is 0 Å². The average Bonchev–Trinajstić information content (AvgIpc) is 3.36. The molecule has 2 aliphatic heterocycles. The minimum Gasteiger partial charge on any atom is -0.361 e. The number of piperazine rings is 1. The van der Waals surface area contributed by atoms with Crippen LogP contribution < -0.4 is 9.80 Å². The number of hydrogen-bond acceptors (Lipinski definition) is 6. The summed E-state index contributed by atoms with van der Waals surface area (Å²) in [6, 6.07) is 16.9. The number of aromatic nitrogens is 1. The van der Waals surface area contributed by atoms with Crippen molar-refractivity contribution in [1.82, 2.24) is 10.1 Å². The number of para-hydroxylation sites is 2. The molecule has 0 bridgehead atoms. The molecule has 2 aromatic carbocycles. The van der Waals surface area contributed by atoms with E-state index in [9.17, 15) is 0 Å². The van der Waals surface area contributed by atoms with Gasteiger partial charge in [0.25, 0.3) is 0 Å². The Kier molecular flexibility index (Phi) is 5.14. The molecule has 0 radical (unpaired) electrons. The van der Waals surface area contributed by atoms with Gasteiger partial charge in [-0.1, -0.05) is 29.4 Å². The van der Waals surface area contributed by atoms with Crippen LogP contribution >= 0.6 is 11.8 Å². The minimum atomic E-state index is 0.876. The maximum atomic E-state index is 5.47. The first kappa shape index (κ1) is 17.9. The Bertz CT molecular complexity index is 935. The van der Waals surface area contributed by atoms with Gasteiger partial charge in [0, 0.05) is 37.6 Å². The third kappa shape index (κ3) is 3.59. The Labute approximate surface area is 170 Å². The quantitative estimate of drug-likeness (QED) is 0.580. The highest BCUT2D eigenvalue weighted by molar-refractivity contribution is 7.99. The summed E-state index contributed by atoms with van der Waals surface area (Å²) in [6.07, 6.45) is 2.51. The fourth-order valence-corrected chi connectivity index (χ4v) is 5.25. The molecule has 5 nitrogen and oxygen atoms in total. The van der Waals surface area contributed by atoms with Gasteiger partial charge in [-0.05, 0) is 43.7 Å². The van der Waals surface area contributed by atoms with E-state index in [0.717, 1.165) is 55.4 Å². The molecule has 2 aliphatic rings. The molecule has 1 fully saturated rings. The van der Waals surface area contributed by atoms with Gasteiger partial charge in [-0.25, -0.2) is 0 Å². The molecule has 0 saturated carbocycles. The maximum Gasteiger partial charge on any atom is 0.180 e. The van der Waals surface area contributed by atoms with Gasteiger partial charge in [0.15, 0.2) is 11.4 Å². The van der Waals surface area contributed by atoms with E-state index in [2.05, 4.69) is 56.3 Å². The van der Waals surface area contributed by atoms with Crippen LogP contribution in [0.1, 0.15) is 12.8 Å². The highest BCUT2D eigenvalue weighted by atomic mass is 32.2. The van der Waals surface area contributed by atoms with Crippen LogP contribution in [0.4, 0.5) is 11.5 Å². The fourth-order valence-electron chi connectivity index (χ4n) is 4.16. The molecule has 0 spiro atoms. The minimum absolute atomic E-state index is 0.876. The van der Waals surface area contributed by atoms with Crippen molar-refractivity contribution < 1.29 is 4.52 Å². The van der Waals surface area contributed by atoms with Gasteiger partial charge in [0.2, 0.25) is 0 Å². The van der Waals surface area contributed by atoms with E-state index < -0.39 is 0 Å². The largest absolute Gasteiger partial charge is 0.361 e. The number of rotatable bonds is 6. The van der Waals surface area contributed by atoms with Gasteiger partial charge in [-0.2, -0.15) is 0 Å². The highest BCUT2D eigenvalue weighted by Crippen LogP contribution is 2.38. The molecule has 146 valence electrons. The Hall–Kier alpha value is -2.18. The summed E-state index contributed by atoms with van der Waals surface area (Å²) >= 11 is 1.96. The van der Waals surface area contributed by atoms with Gasteiger partial charge < -0.3 is 14.3 Å². The van der Waals surface area contributed by atoms with Gasteiger partial charge in [0.1, 0.15) is 0 Å². The normalized spacial score (nSPS) is 17.4. The highest BCUT2D eigenvalue weighted by Gasteiger charge is 2.22. The van der Waals surface area contributed by atoms with Crippen molar-refractivity contribution in [2.75, 3.05) is 54.9 Å². The topological polar surface area (TPSA) is 35.8 Å². The van der Waals surface area contributed by atoms with E-state index >= 15 is 0 Å². The van der Waals surface area contributed by atoms with E-state index in [-0.39, 0.29) is 0 Å². The maximum absolute atomic E-state index is 5.47. The van der Waals surface area contributed by atoms with E-state index in [1.54, 1.807) is 0 Å². The summed E-state index contributed by atoms with van der Waals surface area (Å²) in [7, 11) is 0. The second-order valence-corrected chi connectivity index (χ2v) is 8.53. The van der Waals surface area contributed by atoms with Crippen LogP contribution in [0.5, 0.6) is 0 Å². The molecule has 6 heteroatoms. The van der Waals surface area contributed by atoms with Gasteiger partial charge >= 0.3 is 0 Å². The number of anilines is 2. The number of nitrogens with zero attached hydrogens (tertiary/aromatic N) is 4. The van der Waals surface area contributed by atoms with Gasteiger partial charge in [-0.15, -0.1) is 11.8 Å². The van der Waals surface area contributed by atoms with Crippen molar-refractivity contribution >= 4 is 34.2 Å². The Balaban J connectivity index is 1.07. The fraction of sp³-hybridized carbons (Fsp3) is 0.409. The lowest BCUT2D eigenvalue weighted by atomic mass is 10.2. The number of hydrogen-bond donors (Lipinski definition) is 0. The molecule has 28 heavy (non-hydrogen) atoms. The Morgan fingerprint density at radius 3 is 2.61 bits per heavy atom. The Morgan fingerprint density at radius 1 is 0.893 bits per heavy atom. The summed E-state index contributed by atoms with van der Waals surface area (Å²) in [6.45, 7) is 6.59. The second-order valence-electron chi connectivity index (χ2n) is 7.54. The summed E-state index contributed by atoms with van der Waals surface area (Å²) in [5.74, 6) is 2.10. The molecule has 0 N–H and O–H groups in total. The van der Waals surface area contributed by atoms with Crippen LogP contribution in [0.2, 0.25) is 0 Å².